The van der Waals surface area contributed by atoms with Gasteiger partial charge in [0.1, 0.15) is 12.7 Å². The van der Waals surface area contributed by atoms with Crippen LogP contribution < -0.4 is 19.1 Å². The minimum Gasteiger partial charge on any atom is -0.486 e. The quantitative estimate of drug-likeness (QED) is 0.576. The number of aryl methyl sites for hydroxylation is 1. The molecule has 0 spiro atoms. The number of para-hydroxylation sites is 2. The highest BCUT2D eigenvalue weighted by atomic mass is 32.2. The summed E-state index contributed by atoms with van der Waals surface area (Å²) in [7, 11) is -3.47. The molecule has 3 aromatic rings. The molecule has 0 radical (unpaired) electrons. The zero-order valence-electron chi connectivity index (χ0n) is 18.5. The molecular weight excluding hydrogens is 440 g/mol. The van der Waals surface area contributed by atoms with Gasteiger partial charge in [0.2, 0.25) is 10.0 Å². The highest BCUT2D eigenvalue weighted by Gasteiger charge is 2.22. The number of sulfonamides is 1. The lowest BCUT2D eigenvalue weighted by molar-refractivity contribution is 0.0789. The van der Waals surface area contributed by atoms with E-state index in [0.717, 1.165) is 11.1 Å². The number of hydrogen-bond donors (Lipinski definition) is 1. The molecule has 1 aliphatic heterocycles. The van der Waals surface area contributed by atoms with Crippen LogP contribution >= 0.6 is 0 Å². The third-order valence-corrected chi connectivity index (χ3v) is 6.43. The van der Waals surface area contributed by atoms with Crippen molar-refractivity contribution in [2.45, 2.75) is 19.6 Å². The van der Waals surface area contributed by atoms with E-state index in [9.17, 15) is 13.2 Å². The first-order valence-corrected chi connectivity index (χ1v) is 12.4. The van der Waals surface area contributed by atoms with E-state index < -0.39 is 10.0 Å². The molecule has 0 aliphatic carbocycles. The lowest BCUT2D eigenvalue weighted by Crippen LogP contribution is -2.40. The Kier molecular flexibility index (Phi) is 6.55. The Morgan fingerprint density at radius 3 is 2.45 bits per heavy atom. The van der Waals surface area contributed by atoms with Crippen molar-refractivity contribution in [1.29, 1.82) is 0 Å². The molecule has 1 N–H and O–H groups in total. The Morgan fingerprint density at radius 2 is 1.76 bits per heavy atom. The molecule has 1 aliphatic rings. The van der Waals surface area contributed by atoms with Crippen molar-refractivity contribution in [3.05, 3.63) is 89.5 Å². The number of benzene rings is 3. The van der Waals surface area contributed by atoms with Gasteiger partial charge in [-0.2, -0.15) is 0 Å². The number of carbonyl (C=O) groups excluding carboxylic acids is 1. The van der Waals surface area contributed by atoms with Crippen LogP contribution in [0.5, 0.6) is 11.5 Å². The maximum absolute atomic E-state index is 12.6. The second-order valence-electron chi connectivity index (χ2n) is 8.01. The van der Waals surface area contributed by atoms with E-state index >= 15 is 0 Å². The monoisotopic (exact) mass is 466 g/mol. The first-order chi connectivity index (χ1) is 15.8. The molecule has 8 heteroatoms. The Labute approximate surface area is 194 Å². The zero-order chi connectivity index (χ0) is 23.4. The van der Waals surface area contributed by atoms with Crippen molar-refractivity contribution in [1.82, 2.24) is 5.32 Å². The number of carbonyl (C=O) groups is 1. The predicted molar refractivity (Wildman–Crippen MR) is 127 cm³/mol. The lowest BCUT2D eigenvalue weighted by atomic mass is 10.1. The van der Waals surface area contributed by atoms with Crippen molar-refractivity contribution in [2.24, 2.45) is 0 Å². The summed E-state index contributed by atoms with van der Waals surface area (Å²) in [5, 5.41) is 2.87. The fraction of sp³-hybridized carbons (Fsp3) is 0.240. The standard InChI is InChI=1S/C25H26N2O5S/c1-18-6-5-7-21(14-18)27(33(2,29)30)16-19-10-12-20(13-11-19)25(28)26-15-22-17-31-23-8-3-4-9-24(23)32-22/h3-14,22H,15-17H2,1-2H3,(H,26,28)/t22-/m0/s1. The number of hydrogen-bond acceptors (Lipinski definition) is 5. The van der Waals surface area contributed by atoms with Crippen molar-refractivity contribution >= 4 is 21.6 Å². The second kappa shape index (κ2) is 9.54. The van der Waals surface area contributed by atoms with Gasteiger partial charge in [-0.15, -0.1) is 0 Å². The van der Waals surface area contributed by atoms with Gasteiger partial charge < -0.3 is 14.8 Å². The van der Waals surface area contributed by atoms with E-state index in [1.807, 2.05) is 49.4 Å². The van der Waals surface area contributed by atoms with Crippen LogP contribution in [0.25, 0.3) is 0 Å². The Balaban J connectivity index is 1.38. The molecule has 0 unspecified atom stereocenters. The van der Waals surface area contributed by atoms with Crippen LogP contribution in [0.15, 0.2) is 72.8 Å². The molecule has 0 bridgehead atoms. The van der Waals surface area contributed by atoms with Crippen LogP contribution in [0.3, 0.4) is 0 Å². The molecule has 0 aromatic heterocycles. The average molecular weight is 467 g/mol. The summed E-state index contributed by atoms with van der Waals surface area (Å²) in [5.41, 5.74) is 2.84. The van der Waals surface area contributed by atoms with E-state index in [1.54, 1.807) is 30.3 Å². The van der Waals surface area contributed by atoms with Gasteiger partial charge in [0, 0.05) is 5.56 Å². The van der Waals surface area contributed by atoms with Crippen LogP contribution in [0.1, 0.15) is 21.5 Å². The third-order valence-electron chi connectivity index (χ3n) is 5.29. The first-order valence-electron chi connectivity index (χ1n) is 10.6. The SMILES string of the molecule is Cc1cccc(N(Cc2ccc(C(=O)NC[C@H]3COc4ccccc4O3)cc2)S(C)(=O)=O)c1. The van der Waals surface area contributed by atoms with E-state index in [1.165, 1.54) is 10.6 Å². The minimum absolute atomic E-state index is 0.177. The largest absolute Gasteiger partial charge is 0.486 e. The van der Waals surface area contributed by atoms with Crippen molar-refractivity contribution in [3.63, 3.8) is 0 Å². The highest BCUT2D eigenvalue weighted by molar-refractivity contribution is 7.92. The third kappa shape index (κ3) is 5.64. The van der Waals surface area contributed by atoms with Crippen LogP contribution in [0.4, 0.5) is 5.69 Å². The molecule has 33 heavy (non-hydrogen) atoms. The number of nitrogens with zero attached hydrogens (tertiary/aromatic N) is 1. The zero-order valence-corrected chi connectivity index (χ0v) is 19.3. The Bertz CT molecular complexity index is 1240. The van der Waals surface area contributed by atoms with Gasteiger partial charge in [-0.25, -0.2) is 8.42 Å². The Hall–Kier alpha value is -3.52. The van der Waals surface area contributed by atoms with E-state index in [-0.39, 0.29) is 18.6 Å². The molecule has 1 atom stereocenters. The van der Waals surface area contributed by atoms with Crippen molar-refractivity contribution in [3.8, 4) is 11.5 Å². The number of ether oxygens (including phenoxy) is 2. The van der Waals surface area contributed by atoms with Gasteiger partial charge in [-0.05, 0) is 54.4 Å². The number of rotatable bonds is 7. The van der Waals surface area contributed by atoms with Crippen LogP contribution in [-0.4, -0.2) is 39.8 Å². The predicted octanol–water partition coefficient (Wildman–Crippen LogP) is 3.53. The summed E-state index contributed by atoms with van der Waals surface area (Å²) >= 11 is 0. The second-order valence-corrected chi connectivity index (χ2v) is 9.92. The molecule has 3 aromatic carbocycles. The summed E-state index contributed by atoms with van der Waals surface area (Å²) < 4.78 is 37.6. The topological polar surface area (TPSA) is 84.9 Å². The van der Waals surface area contributed by atoms with Crippen LogP contribution in [0, 0.1) is 6.92 Å². The number of anilines is 1. The van der Waals surface area contributed by atoms with Gasteiger partial charge in [0.15, 0.2) is 11.5 Å². The van der Waals surface area contributed by atoms with E-state index in [2.05, 4.69) is 5.32 Å². The summed E-state index contributed by atoms with van der Waals surface area (Å²) in [4.78, 5) is 12.6. The molecule has 4 rings (SSSR count). The van der Waals surface area contributed by atoms with Crippen molar-refractivity contribution < 1.29 is 22.7 Å². The molecule has 0 saturated carbocycles. The highest BCUT2D eigenvalue weighted by Crippen LogP contribution is 2.30. The maximum atomic E-state index is 12.6. The summed E-state index contributed by atoms with van der Waals surface area (Å²) in [6.45, 7) is 2.76. The minimum atomic E-state index is -3.47. The molecule has 0 saturated heterocycles. The van der Waals surface area contributed by atoms with Gasteiger partial charge in [0.05, 0.1) is 25.0 Å². The fourth-order valence-electron chi connectivity index (χ4n) is 3.58. The molecular formula is C25H26N2O5S. The molecule has 172 valence electrons. The summed E-state index contributed by atoms with van der Waals surface area (Å²) in [6, 6.07) is 21.7. The Morgan fingerprint density at radius 1 is 1.03 bits per heavy atom. The normalized spacial score (nSPS) is 15.0. The smallest absolute Gasteiger partial charge is 0.251 e. The molecule has 1 amide bonds. The first kappa shape index (κ1) is 22.7. The van der Waals surface area contributed by atoms with Gasteiger partial charge in [-0.1, -0.05) is 36.4 Å². The lowest BCUT2D eigenvalue weighted by Gasteiger charge is -2.26. The van der Waals surface area contributed by atoms with E-state index in [0.29, 0.717) is 35.9 Å². The van der Waals surface area contributed by atoms with Gasteiger partial charge >= 0.3 is 0 Å². The molecule has 1 heterocycles. The fourth-order valence-corrected chi connectivity index (χ4v) is 4.46. The average Bonchev–Trinajstić information content (AvgIpc) is 2.80. The maximum Gasteiger partial charge on any atom is 0.251 e. The van der Waals surface area contributed by atoms with Gasteiger partial charge in [0.25, 0.3) is 5.91 Å². The van der Waals surface area contributed by atoms with Crippen molar-refractivity contribution in [2.75, 3.05) is 23.7 Å². The molecule has 7 nitrogen and oxygen atoms in total. The number of fused-ring (bicyclic) bond motifs is 1. The summed E-state index contributed by atoms with van der Waals surface area (Å²) in [5.74, 6) is 1.13. The van der Waals surface area contributed by atoms with E-state index in [4.69, 9.17) is 9.47 Å². The molecule has 0 fully saturated rings. The summed E-state index contributed by atoms with van der Waals surface area (Å²) in [6.07, 6.45) is 0.910. The number of nitrogens with one attached hydrogen (secondary N) is 1. The van der Waals surface area contributed by atoms with Crippen LogP contribution in [0.2, 0.25) is 0 Å². The van der Waals surface area contributed by atoms with Gasteiger partial charge in [-0.3, -0.25) is 9.10 Å². The van der Waals surface area contributed by atoms with Crippen LogP contribution in [-0.2, 0) is 16.6 Å². The number of amides is 1.